The number of amides is 1. The summed E-state index contributed by atoms with van der Waals surface area (Å²) in [6, 6.07) is 0.105. The minimum atomic E-state index is -0.845. The average molecular weight is 145 g/mol. The third kappa shape index (κ3) is 3.45. The maximum Gasteiger partial charge on any atom is 0.249 e. The molecular weight excluding hydrogens is 130 g/mol. The number of nitrogens with one attached hydrogen (secondary N) is 1. The van der Waals surface area contributed by atoms with E-state index in [2.05, 4.69) is 5.32 Å². The van der Waals surface area contributed by atoms with Gasteiger partial charge in [0.15, 0.2) is 0 Å². The van der Waals surface area contributed by atoms with E-state index in [0.29, 0.717) is 6.42 Å². The van der Waals surface area contributed by atoms with Gasteiger partial charge >= 0.3 is 0 Å². The monoisotopic (exact) mass is 145 g/mol. The Bertz CT molecular complexity index is 112. The Balaban J connectivity index is 3.62. The van der Waals surface area contributed by atoms with Crippen LogP contribution in [-0.4, -0.2) is 23.2 Å². The summed E-state index contributed by atoms with van der Waals surface area (Å²) in [5, 5.41) is 11.6. The van der Waals surface area contributed by atoms with Gasteiger partial charge in [0.2, 0.25) is 5.91 Å². The van der Waals surface area contributed by atoms with Gasteiger partial charge in [0.1, 0.15) is 6.10 Å². The number of aliphatic hydroxyl groups is 1. The first kappa shape index (κ1) is 9.43. The van der Waals surface area contributed by atoms with Crippen molar-refractivity contribution < 1.29 is 9.90 Å². The van der Waals surface area contributed by atoms with Crippen molar-refractivity contribution in [3.63, 3.8) is 0 Å². The first-order chi connectivity index (χ1) is 4.57. The topological polar surface area (TPSA) is 49.3 Å². The fourth-order valence-corrected chi connectivity index (χ4v) is 0.566. The molecule has 2 N–H and O–H groups in total. The van der Waals surface area contributed by atoms with Gasteiger partial charge in [0.25, 0.3) is 0 Å². The summed E-state index contributed by atoms with van der Waals surface area (Å²) in [5.41, 5.74) is 0. The van der Waals surface area contributed by atoms with Gasteiger partial charge in [-0.2, -0.15) is 0 Å². The van der Waals surface area contributed by atoms with E-state index in [1.54, 1.807) is 6.92 Å². The minimum Gasteiger partial charge on any atom is -0.383 e. The summed E-state index contributed by atoms with van der Waals surface area (Å²) < 4.78 is 0. The van der Waals surface area contributed by atoms with Crippen molar-refractivity contribution in [3.8, 4) is 0 Å². The third-order valence-electron chi connectivity index (χ3n) is 1.12. The second-order valence-corrected chi connectivity index (χ2v) is 2.59. The maximum absolute atomic E-state index is 10.8. The molecule has 60 valence electrons. The van der Waals surface area contributed by atoms with Crippen LogP contribution in [0.15, 0.2) is 0 Å². The van der Waals surface area contributed by atoms with Gasteiger partial charge in [-0.15, -0.1) is 0 Å². The van der Waals surface area contributed by atoms with Crippen LogP contribution in [0.1, 0.15) is 27.2 Å². The number of rotatable bonds is 3. The molecule has 0 aromatic heterocycles. The molecule has 0 aliphatic heterocycles. The molecule has 0 aromatic rings. The number of hydrogen-bond acceptors (Lipinski definition) is 2. The molecule has 0 spiro atoms. The number of carbonyl (C=O) groups is 1. The second kappa shape index (κ2) is 4.28. The van der Waals surface area contributed by atoms with Crippen LogP contribution in [0.25, 0.3) is 0 Å². The van der Waals surface area contributed by atoms with Crippen molar-refractivity contribution in [1.29, 1.82) is 0 Å². The maximum atomic E-state index is 10.8. The highest BCUT2D eigenvalue weighted by molar-refractivity contribution is 5.80. The van der Waals surface area contributed by atoms with E-state index in [9.17, 15) is 4.79 Å². The molecule has 0 rings (SSSR count). The van der Waals surface area contributed by atoms with Crippen LogP contribution in [0.5, 0.6) is 0 Å². The number of aliphatic hydroxyl groups excluding tert-OH is 1. The molecule has 1 unspecified atom stereocenters. The lowest BCUT2D eigenvalue weighted by atomic mass is 10.2. The molecule has 0 radical (unpaired) electrons. The van der Waals surface area contributed by atoms with Crippen LogP contribution in [0, 0.1) is 0 Å². The summed E-state index contributed by atoms with van der Waals surface area (Å²) in [6.07, 6.45) is -0.374. The van der Waals surface area contributed by atoms with E-state index in [1.807, 2.05) is 13.8 Å². The van der Waals surface area contributed by atoms with Crippen LogP contribution < -0.4 is 5.32 Å². The van der Waals surface area contributed by atoms with Gasteiger partial charge in [-0.05, 0) is 20.3 Å². The summed E-state index contributed by atoms with van der Waals surface area (Å²) in [6.45, 7) is 5.49. The molecule has 0 heterocycles. The zero-order valence-electron chi connectivity index (χ0n) is 6.72. The quantitative estimate of drug-likeness (QED) is 0.599. The Hall–Kier alpha value is -0.570. The van der Waals surface area contributed by atoms with Gasteiger partial charge in [-0.3, -0.25) is 4.79 Å². The first-order valence-corrected chi connectivity index (χ1v) is 3.56. The normalized spacial score (nSPS) is 13.3. The standard InChI is InChI=1S/C7H15NO2/c1-4-6(9)7(10)8-5(2)3/h5-6,9H,4H2,1-3H3,(H,8,10). The smallest absolute Gasteiger partial charge is 0.249 e. The van der Waals surface area contributed by atoms with Crippen LogP contribution >= 0.6 is 0 Å². The second-order valence-electron chi connectivity index (χ2n) is 2.59. The fraction of sp³-hybridized carbons (Fsp3) is 0.857. The van der Waals surface area contributed by atoms with Crippen molar-refractivity contribution in [2.75, 3.05) is 0 Å². The largest absolute Gasteiger partial charge is 0.383 e. The molecular formula is C7H15NO2. The molecule has 10 heavy (non-hydrogen) atoms. The summed E-state index contributed by atoms with van der Waals surface area (Å²) in [7, 11) is 0. The molecule has 0 saturated heterocycles. The van der Waals surface area contributed by atoms with Gasteiger partial charge in [-0.25, -0.2) is 0 Å². The average Bonchev–Trinajstić information content (AvgIpc) is 1.85. The molecule has 3 nitrogen and oxygen atoms in total. The first-order valence-electron chi connectivity index (χ1n) is 3.56. The lowest BCUT2D eigenvalue weighted by Crippen LogP contribution is -2.38. The predicted molar refractivity (Wildman–Crippen MR) is 39.6 cm³/mol. The van der Waals surface area contributed by atoms with E-state index >= 15 is 0 Å². The van der Waals surface area contributed by atoms with E-state index in [1.165, 1.54) is 0 Å². The third-order valence-corrected chi connectivity index (χ3v) is 1.12. The van der Waals surface area contributed by atoms with Crippen molar-refractivity contribution >= 4 is 5.91 Å². The molecule has 3 heteroatoms. The minimum absolute atomic E-state index is 0.105. The van der Waals surface area contributed by atoms with E-state index < -0.39 is 6.10 Å². The lowest BCUT2D eigenvalue weighted by Gasteiger charge is -2.11. The predicted octanol–water partition coefficient (Wildman–Crippen LogP) is 0.282. The van der Waals surface area contributed by atoms with Crippen molar-refractivity contribution in [2.45, 2.75) is 39.3 Å². The summed E-state index contributed by atoms with van der Waals surface area (Å²) in [5.74, 6) is -0.280. The van der Waals surface area contributed by atoms with Crippen molar-refractivity contribution in [2.24, 2.45) is 0 Å². The van der Waals surface area contributed by atoms with Gasteiger partial charge in [0, 0.05) is 6.04 Å². The molecule has 0 saturated carbocycles. The Morgan fingerprint density at radius 1 is 1.60 bits per heavy atom. The van der Waals surface area contributed by atoms with Crippen molar-refractivity contribution in [3.05, 3.63) is 0 Å². The number of hydrogen-bond donors (Lipinski definition) is 2. The molecule has 0 bridgehead atoms. The Labute approximate surface area is 61.4 Å². The van der Waals surface area contributed by atoms with Crippen molar-refractivity contribution in [1.82, 2.24) is 5.32 Å². The molecule has 1 amide bonds. The summed E-state index contributed by atoms with van der Waals surface area (Å²) >= 11 is 0. The zero-order valence-corrected chi connectivity index (χ0v) is 6.72. The highest BCUT2D eigenvalue weighted by Gasteiger charge is 2.11. The molecule has 1 atom stereocenters. The lowest BCUT2D eigenvalue weighted by molar-refractivity contribution is -0.129. The summed E-state index contributed by atoms with van der Waals surface area (Å²) in [4.78, 5) is 10.8. The van der Waals surface area contributed by atoms with Crippen LogP contribution in [-0.2, 0) is 4.79 Å². The fourth-order valence-electron chi connectivity index (χ4n) is 0.566. The highest BCUT2D eigenvalue weighted by atomic mass is 16.3. The van der Waals surface area contributed by atoms with E-state index in [4.69, 9.17) is 5.11 Å². The van der Waals surface area contributed by atoms with Crippen LogP contribution in [0.4, 0.5) is 0 Å². The Morgan fingerprint density at radius 3 is 2.40 bits per heavy atom. The molecule has 0 aliphatic rings. The highest BCUT2D eigenvalue weighted by Crippen LogP contribution is 1.90. The Morgan fingerprint density at radius 2 is 2.10 bits per heavy atom. The molecule has 0 fully saturated rings. The van der Waals surface area contributed by atoms with E-state index in [-0.39, 0.29) is 11.9 Å². The van der Waals surface area contributed by atoms with Crippen LogP contribution in [0.3, 0.4) is 0 Å². The molecule has 0 aromatic carbocycles. The van der Waals surface area contributed by atoms with Gasteiger partial charge in [0.05, 0.1) is 0 Å². The van der Waals surface area contributed by atoms with Gasteiger partial charge in [-0.1, -0.05) is 6.92 Å². The van der Waals surface area contributed by atoms with Gasteiger partial charge < -0.3 is 10.4 Å². The molecule has 0 aliphatic carbocycles. The van der Waals surface area contributed by atoms with Crippen LogP contribution in [0.2, 0.25) is 0 Å². The SMILES string of the molecule is CCC(O)C(=O)NC(C)C. The number of carbonyl (C=O) groups excluding carboxylic acids is 1. The zero-order chi connectivity index (χ0) is 8.15. The van der Waals surface area contributed by atoms with E-state index in [0.717, 1.165) is 0 Å². The Kier molecular flexibility index (Phi) is 4.03.